The fourth-order valence-corrected chi connectivity index (χ4v) is 2.12. The summed E-state index contributed by atoms with van der Waals surface area (Å²) < 4.78 is 25.2. The van der Waals surface area contributed by atoms with Crippen LogP contribution in [0.5, 0.6) is 6.01 Å². The molecule has 16 heavy (non-hydrogen) atoms. The zero-order chi connectivity index (χ0) is 11.3. The second-order valence-corrected chi connectivity index (χ2v) is 4.09. The predicted octanol–water partition coefficient (Wildman–Crippen LogP) is 0.570. The number of alkyl halides is 1. The van der Waals surface area contributed by atoms with Crippen LogP contribution in [0, 0.1) is 6.92 Å². The molecule has 0 saturated carbocycles. The van der Waals surface area contributed by atoms with E-state index in [4.69, 9.17) is 9.47 Å². The molecule has 86 valence electrons. The molecule has 2 aliphatic heterocycles. The number of hydrogen-bond donors (Lipinski definition) is 0. The lowest BCUT2D eigenvalue weighted by atomic mass is 10.2. The average molecular weight is 226 g/mol. The number of aromatic nitrogens is 2. The molecule has 5 nitrogen and oxygen atoms in total. The van der Waals surface area contributed by atoms with E-state index in [1.807, 2.05) is 0 Å². The van der Waals surface area contributed by atoms with Crippen molar-refractivity contribution < 1.29 is 13.9 Å². The molecule has 0 unspecified atom stereocenters. The van der Waals surface area contributed by atoms with Gasteiger partial charge in [-0.3, -0.25) is 9.36 Å². The third-order valence-corrected chi connectivity index (χ3v) is 2.99. The normalized spacial score (nSPS) is 31.0. The Bertz CT molecular complexity index is 487. The van der Waals surface area contributed by atoms with Crippen molar-refractivity contribution in [2.24, 2.45) is 0 Å². The van der Waals surface area contributed by atoms with Crippen LogP contribution in [-0.4, -0.2) is 28.4 Å². The number of rotatable bonds is 1. The van der Waals surface area contributed by atoms with E-state index >= 15 is 0 Å². The molecule has 0 N–H and O–H groups in total. The molecule has 3 atom stereocenters. The molecule has 6 heteroatoms. The number of hydrogen-bond acceptors (Lipinski definition) is 4. The van der Waals surface area contributed by atoms with E-state index in [-0.39, 0.29) is 23.9 Å². The molecule has 0 radical (unpaired) electrons. The van der Waals surface area contributed by atoms with Crippen molar-refractivity contribution in [2.75, 3.05) is 6.67 Å². The molecule has 1 aromatic rings. The predicted molar refractivity (Wildman–Crippen MR) is 52.2 cm³/mol. The first kappa shape index (κ1) is 9.77. The summed E-state index contributed by atoms with van der Waals surface area (Å²) in [5.41, 5.74) is 0.211. The van der Waals surface area contributed by atoms with Crippen molar-refractivity contribution >= 4 is 0 Å². The molecule has 1 fully saturated rings. The van der Waals surface area contributed by atoms with Gasteiger partial charge >= 0.3 is 6.01 Å². The second kappa shape index (κ2) is 3.28. The van der Waals surface area contributed by atoms with Gasteiger partial charge in [-0.15, -0.1) is 0 Å². The van der Waals surface area contributed by atoms with Crippen LogP contribution >= 0.6 is 0 Å². The van der Waals surface area contributed by atoms with Gasteiger partial charge in [-0.2, -0.15) is 4.98 Å². The summed E-state index contributed by atoms with van der Waals surface area (Å²) in [5.74, 6) is 0. The van der Waals surface area contributed by atoms with Crippen LogP contribution in [0.2, 0.25) is 0 Å². The maximum Gasteiger partial charge on any atom is 0.302 e. The third kappa shape index (κ3) is 1.26. The van der Waals surface area contributed by atoms with Crippen LogP contribution in [0.1, 0.15) is 18.2 Å². The second-order valence-electron chi connectivity index (χ2n) is 4.09. The Morgan fingerprint density at radius 1 is 1.69 bits per heavy atom. The van der Waals surface area contributed by atoms with Gasteiger partial charge in [-0.05, 0) is 6.92 Å². The Morgan fingerprint density at radius 3 is 3.25 bits per heavy atom. The van der Waals surface area contributed by atoms with Crippen molar-refractivity contribution in [3.63, 3.8) is 0 Å². The van der Waals surface area contributed by atoms with E-state index in [2.05, 4.69) is 4.98 Å². The molecule has 0 aliphatic carbocycles. The van der Waals surface area contributed by atoms with Crippen LogP contribution in [0.4, 0.5) is 4.39 Å². The monoisotopic (exact) mass is 226 g/mol. The molecule has 1 aromatic heterocycles. The summed E-state index contributed by atoms with van der Waals surface area (Å²) in [6.45, 7) is 1.09. The Hall–Kier alpha value is -1.43. The Balaban J connectivity index is 2.06. The van der Waals surface area contributed by atoms with Gasteiger partial charge in [0.2, 0.25) is 0 Å². The highest BCUT2D eigenvalue weighted by molar-refractivity contribution is 5.13. The van der Waals surface area contributed by atoms with E-state index in [0.29, 0.717) is 12.0 Å². The van der Waals surface area contributed by atoms with E-state index in [1.54, 1.807) is 17.7 Å². The highest BCUT2D eigenvalue weighted by Gasteiger charge is 2.43. The number of ether oxygens (including phenoxy) is 2. The van der Waals surface area contributed by atoms with Crippen molar-refractivity contribution in [3.8, 4) is 6.01 Å². The van der Waals surface area contributed by atoms with Gasteiger partial charge in [0.1, 0.15) is 25.1 Å². The smallest absolute Gasteiger partial charge is 0.302 e. The highest BCUT2D eigenvalue weighted by atomic mass is 19.1. The molecule has 3 rings (SSSR count). The fraction of sp³-hybridized carbons (Fsp3) is 0.600. The van der Waals surface area contributed by atoms with Gasteiger partial charge in [0.05, 0.1) is 0 Å². The lowest BCUT2D eigenvalue weighted by Gasteiger charge is -2.23. The first-order valence-electron chi connectivity index (χ1n) is 5.17. The maximum absolute atomic E-state index is 12.6. The summed E-state index contributed by atoms with van der Waals surface area (Å²) >= 11 is 0. The Labute approximate surface area is 90.8 Å². The van der Waals surface area contributed by atoms with E-state index in [1.165, 1.54) is 0 Å². The van der Waals surface area contributed by atoms with Gasteiger partial charge in [-0.1, -0.05) is 0 Å². The zero-order valence-corrected chi connectivity index (χ0v) is 8.72. The number of halogens is 1. The number of nitrogens with zero attached hydrogens (tertiary/aromatic N) is 2. The molecule has 1 saturated heterocycles. The Morgan fingerprint density at radius 2 is 2.50 bits per heavy atom. The van der Waals surface area contributed by atoms with Crippen LogP contribution < -0.4 is 10.3 Å². The summed E-state index contributed by atoms with van der Waals surface area (Å²) in [6.07, 6.45) is 1.10. The summed E-state index contributed by atoms with van der Waals surface area (Å²) in [4.78, 5) is 15.2. The topological polar surface area (TPSA) is 53.4 Å². The minimum absolute atomic E-state index is 0.229. The number of aryl methyl sites for hydroxylation is 1. The standard InChI is InChI=1S/C10H11FN2O3/c1-5-4-13-8-2-6(7(3-11)15-8)16-10(13)12-9(5)14/h4,6-8H,2-3H2,1H3/t6-,7+,8+/m0/s1. The quantitative estimate of drug-likeness (QED) is 0.702. The van der Waals surface area contributed by atoms with E-state index in [9.17, 15) is 9.18 Å². The average Bonchev–Trinajstić information content (AvgIpc) is 2.60. The van der Waals surface area contributed by atoms with Crippen molar-refractivity contribution in [3.05, 3.63) is 22.1 Å². The third-order valence-electron chi connectivity index (χ3n) is 2.99. The van der Waals surface area contributed by atoms with Gasteiger partial charge in [0, 0.05) is 18.2 Å². The minimum Gasteiger partial charge on any atom is -0.458 e. The first-order chi connectivity index (χ1) is 7.69. The molecule has 0 aromatic carbocycles. The van der Waals surface area contributed by atoms with Crippen molar-refractivity contribution in [2.45, 2.75) is 31.8 Å². The van der Waals surface area contributed by atoms with Crippen LogP contribution in [-0.2, 0) is 4.74 Å². The molecule has 3 heterocycles. The minimum atomic E-state index is -0.584. The van der Waals surface area contributed by atoms with Gasteiger partial charge < -0.3 is 9.47 Å². The van der Waals surface area contributed by atoms with Gasteiger partial charge in [0.25, 0.3) is 5.56 Å². The first-order valence-corrected chi connectivity index (χ1v) is 5.17. The van der Waals surface area contributed by atoms with Crippen LogP contribution in [0.25, 0.3) is 0 Å². The highest BCUT2D eigenvalue weighted by Crippen LogP contribution is 2.37. The molecule has 0 spiro atoms. The zero-order valence-electron chi connectivity index (χ0n) is 8.72. The number of fused-ring (bicyclic) bond motifs is 4. The van der Waals surface area contributed by atoms with Crippen molar-refractivity contribution in [1.29, 1.82) is 0 Å². The fourth-order valence-electron chi connectivity index (χ4n) is 2.12. The molecule has 2 aliphatic rings. The lowest BCUT2D eigenvalue weighted by Crippen LogP contribution is -2.32. The van der Waals surface area contributed by atoms with Crippen LogP contribution in [0.3, 0.4) is 0 Å². The molecular formula is C10H11FN2O3. The largest absolute Gasteiger partial charge is 0.458 e. The van der Waals surface area contributed by atoms with Crippen molar-refractivity contribution in [1.82, 2.24) is 9.55 Å². The maximum atomic E-state index is 12.6. The molecular weight excluding hydrogens is 215 g/mol. The van der Waals surface area contributed by atoms with Gasteiger partial charge in [-0.25, -0.2) is 4.39 Å². The molecule has 2 bridgehead atoms. The summed E-state index contributed by atoms with van der Waals surface area (Å²) in [7, 11) is 0. The van der Waals surface area contributed by atoms with Gasteiger partial charge in [0.15, 0.2) is 0 Å². The van der Waals surface area contributed by atoms with E-state index < -0.39 is 12.8 Å². The Kier molecular flexibility index (Phi) is 2.00. The SMILES string of the molecule is Cc1cn2c(nc1=O)O[C@H]1C[C@H]2O[C@@H]1CF. The summed E-state index contributed by atoms with van der Waals surface area (Å²) in [6, 6.07) is 0.229. The van der Waals surface area contributed by atoms with Crippen LogP contribution in [0.15, 0.2) is 11.0 Å². The lowest BCUT2D eigenvalue weighted by molar-refractivity contribution is -0.00878. The van der Waals surface area contributed by atoms with E-state index in [0.717, 1.165) is 0 Å². The summed E-state index contributed by atoms with van der Waals surface area (Å²) in [5, 5.41) is 0. The molecule has 0 amide bonds.